The third kappa shape index (κ3) is 3.67. The molecule has 0 spiro atoms. The average Bonchev–Trinajstić information content (AvgIpc) is 2.59. The lowest BCUT2D eigenvalue weighted by Crippen LogP contribution is -2.51. The molecule has 1 fully saturated rings. The number of ether oxygens (including phenoxy) is 2. The maximum atomic E-state index is 12.2. The molecule has 3 rings (SSSR count). The van der Waals surface area contributed by atoms with E-state index in [1.165, 1.54) is 0 Å². The third-order valence-corrected chi connectivity index (χ3v) is 4.06. The molecule has 2 aliphatic heterocycles. The second-order valence-corrected chi connectivity index (χ2v) is 5.60. The Morgan fingerprint density at radius 3 is 2.39 bits per heavy atom. The van der Waals surface area contributed by atoms with Crippen molar-refractivity contribution in [3.63, 3.8) is 0 Å². The normalized spacial score (nSPS) is 16.9. The molecular formula is C16H21N3O4. The first-order valence-electron chi connectivity index (χ1n) is 7.80. The molecule has 0 bridgehead atoms. The van der Waals surface area contributed by atoms with Crippen LogP contribution >= 0.6 is 0 Å². The first kappa shape index (κ1) is 15.5. The van der Waals surface area contributed by atoms with E-state index < -0.39 is 0 Å². The molecule has 124 valence electrons. The van der Waals surface area contributed by atoms with Gasteiger partial charge in [0.1, 0.15) is 13.2 Å². The molecule has 7 nitrogen and oxygen atoms in total. The summed E-state index contributed by atoms with van der Waals surface area (Å²) in [5.41, 5.74) is 0.824. The summed E-state index contributed by atoms with van der Waals surface area (Å²) in [4.78, 5) is 27.1. The van der Waals surface area contributed by atoms with Gasteiger partial charge in [0, 0.05) is 44.9 Å². The van der Waals surface area contributed by atoms with Crippen LogP contribution in [0.25, 0.3) is 0 Å². The Bertz CT molecular complexity index is 597. The number of carbonyl (C=O) groups excluding carboxylic acids is 2. The van der Waals surface area contributed by atoms with Gasteiger partial charge in [0.05, 0.1) is 6.54 Å². The molecule has 1 aromatic rings. The molecule has 2 aliphatic rings. The van der Waals surface area contributed by atoms with Crippen LogP contribution in [0, 0.1) is 0 Å². The Balaban J connectivity index is 1.50. The van der Waals surface area contributed by atoms with Crippen molar-refractivity contribution in [3.8, 4) is 11.5 Å². The summed E-state index contributed by atoms with van der Waals surface area (Å²) in [7, 11) is 0. The van der Waals surface area contributed by atoms with Crippen LogP contribution in [0.5, 0.6) is 11.5 Å². The van der Waals surface area contributed by atoms with Gasteiger partial charge in [-0.3, -0.25) is 9.59 Å². The second kappa shape index (κ2) is 6.76. The number of amides is 2. The number of benzene rings is 1. The van der Waals surface area contributed by atoms with Crippen molar-refractivity contribution >= 4 is 17.5 Å². The summed E-state index contributed by atoms with van der Waals surface area (Å²) in [5.74, 6) is 1.52. The highest BCUT2D eigenvalue weighted by Gasteiger charge is 2.22. The molecule has 7 heteroatoms. The zero-order valence-corrected chi connectivity index (χ0v) is 13.2. The van der Waals surface area contributed by atoms with Gasteiger partial charge in [0.15, 0.2) is 11.5 Å². The molecule has 23 heavy (non-hydrogen) atoms. The van der Waals surface area contributed by atoms with E-state index in [1.54, 1.807) is 16.7 Å². The second-order valence-electron chi connectivity index (χ2n) is 5.60. The van der Waals surface area contributed by atoms with Crippen LogP contribution in [0.4, 0.5) is 5.69 Å². The van der Waals surface area contributed by atoms with Crippen LogP contribution < -0.4 is 14.8 Å². The van der Waals surface area contributed by atoms with Crippen LogP contribution in [0.1, 0.15) is 6.92 Å². The van der Waals surface area contributed by atoms with Crippen molar-refractivity contribution in [2.45, 2.75) is 6.92 Å². The maximum absolute atomic E-state index is 12.2. The van der Waals surface area contributed by atoms with Crippen molar-refractivity contribution in [3.05, 3.63) is 18.2 Å². The highest BCUT2D eigenvalue weighted by Crippen LogP contribution is 2.32. The van der Waals surface area contributed by atoms with Crippen LogP contribution in [0.3, 0.4) is 0 Å². The smallest absolute Gasteiger partial charge is 0.241 e. The predicted molar refractivity (Wildman–Crippen MR) is 84.8 cm³/mol. The van der Waals surface area contributed by atoms with E-state index in [1.807, 2.05) is 18.2 Å². The van der Waals surface area contributed by atoms with Crippen LogP contribution in [-0.4, -0.2) is 67.6 Å². The Morgan fingerprint density at radius 2 is 1.70 bits per heavy atom. The summed E-state index contributed by atoms with van der Waals surface area (Å²) in [5, 5.41) is 3.12. The molecule has 0 saturated carbocycles. The van der Waals surface area contributed by atoms with E-state index in [4.69, 9.17) is 9.47 Å². The van der Waals surface area contributed by atoms with E-state index in [2.05, 4.69) is 5.32 Å². The molecule has 1 saturated heterocycles. The lowest BCUT2D eigenvalue weighted by Gasteiger charge is -2.34. The average molecular weight is 319 g/mol. The van der Waals surface area contributed by atoms with Gasteiger partial charge in [-0.05, 0) is 12.1 Å². The monoisotopic (exact) mass is 319 g/mol. The zero-order chi connectivity index (χ0) is 16.2. The highest BCUT2D eigenvalue weighted by atomic mass is 16.6. The molecule has 0 unspecified atom stereocenters. The van der Waals surface area contributed by atoms with Gasteiger partial charge in [0.2, 0.25) is 11.8 Å². The highest BCUT2D eigenvalue weighted by molar-refractivity contribution is 5.81. The zero-order valence-electron chi connectivity index (χ0n) is 13.2. The topological polar surface area (TPSA) is 71.1 Å². The van der Waals surface area contributed by atoms with Crippen molar-refractivity contribution in [2.75, 3.05) is 51.3 Å². The molecule has 0 aliphatic carbocycles. The number of fused-ring (bicyclic) bond motifs is 1. The fourth-order valence-electron chi connectivity index (χ4n) is 2.71. The van der Waals surface area contributed by atoms with Crippen molar-refractivity contribution in [2.24, 2.45) is 0 Å². The van der Waals surface area contributed by atoms with E-state index >= 15 is 0 Å². The predicted octanol–water partition coefficient (Wildman–Crippen LogP) is 0.560. The fraction of sp³-hybridized carbons (Fsp3) is 0.500. The first-order chi connectivity index (χ1) is 11.1. The van der Waals surface area contributed by atoms with Crippen molar-refractivity contribution in [1.29, 1.82) is 0 Å². The number of carbonyl (C=O) groups is 2. The number of hydrogen-bond acceptors (Lipinski definition) is 5. The fourth-order valence-corrected chi connectivity index (χ4v) is 2.71. The SMILES string of the molecule is CC(=O)N1CCN(C(=O)CNc2ccc3c(c2)OCCO3)CC1. The van der Waals surface area contributed by atoms with Crippen LogP contribution in [-0.2, 0) is 9.59 Å². The number of piperazine rings is 1. The summed E-state index contributed by atoms with van der Waals surface area (Å²) >= 11 is 0. The Labute approximate surface area is 135 Å². The van der Waals surface area contributed by atoms with Gasteiger partial charge in [-0.2, -0.15) is 0 Å². The molecule has 0 aromatic heterocycles. The molecule has 1 aromatic carbocycles. The molecule has 1 N–H and O–H groups in total. The maximum Gasteiger partial charge on any atom is 0.241 e. The summed E-state index contributed by atoms with van der Waals surface area (Å²) in [6.07, 6.45) is 0. The summed E-state index contributed by atoms with van der Waals surface area (Å²) in [6.45, 7) is 5.25. The van der Waals surface area contributed by atoms with Gasteiger partial charge in [-0.15, -0.1) is 0 Å². The van der Waals surface area contributed by atoms with Gasteiger partial charge < -0.3 is 24.6 Å². The Morgan fingerprint density at radius 1 is 1.04 bits per heavy atom. The molecule has 2 amide bonds. The Hall–Kier alpha value is -2.44. The van der Waals surface area contributed by atoms with Crippen LogP contribution in [0.2, 0.25) is 0 Å². The van der Waals surface area contributed by atoms with E-state index in [-0.39, 0.29) is 18.4 Å². The lowest BCUT2D eigenvalue weighted by molar-refractivity contribution is -0.137. The summed E-state index contributed by atoms with van der Waals surface area (Å²) < 4.78 is 11.0. The minimum Gasteiger partial charge on any atom is -0.486 e. The molecule has 2 heterocycles. The van der Waals surface area contributed by atoms with Crippen LogP contribution in [0.15, 0.2) is 18.2 Å². The quantitative estimate of drug-likeness (QED) is 0.881. The lowest BCUT2D eigenvalue weighted by atomic mass is 10.2. The van der Waals surface area contributed by atoms with Crippen molar-refractivity contribution in [1.82, 2.24) is 9.80 Å². The van der Waals surface area contributed by atoms with Gasteiger partial charge >= 0.3 is 0 Å². The van der Waals surface area contributed by atoms with E-state index in [0.29, 0.717) is 45.1 Å². The standard InChI is InChI=1S/C16H21N3O4/c1-12(20)18-4-6-19(7-5-18)16(21)11-17-13-2-3-14-15(10-13)23-9-8-22-14/h2-3,10,17H,4-9,11H2,1H3. The number of anilines is 1. The minimum absolute atomic E-state index is 0.0306. The summed E-state index contributed by atoms with van der Waals surface area (Å²) in [6, 6.07) is 5.55. The van der Waals surface area contributed by atoms with E-state index in [9.17, 15) is 9.59 Å². The van der Waals surface area contributed by atoms with Gasteiger partial charge in [-0.1, -0.05) is 0 Å². The van der Waals surface area contributed by atoms with Gasteiger partial charge in [-0.25, -0.2) is 0 Å². The largest absolute Gasteiger partial charge is 0.486 e. The third-order valence-electron chi connectivity index (χ3n) is 4.06. The van der Waals surface area contributed by atoms with E-state index in [0.717, 1.165) is 11.4 Å². The molecule has 0 radical (unpaired) electrons. The molecule has 0 atom stereocenters. The number of hydrogen-bond donors (Lipinski definition) is 1. The van der Waals surface area contributed by atoms with Gasteiger partial charge in [0.25, 0.3) is 0 Å². The first-order valence-corrected chi connectivity index (χ1v) is 7.80. The number of nitrogens with one attached hydrogen (secondary N) is 1. The number of rotatable bonds is 3. The van der Waals surface area contributed by atoms with Crippen molar-refractivity contribution < 1.29 is 19.1 Å². The minimum atomic E-state index is 0.0306. The number of nitrogens with zero attached hydrogens (tertiary/aromatic N) is 2. The Kier molecular flexibility index (Phi) is 4.55. The molecular weight excluding hydrogens is 298 g/mol.